The highest BCUT2D eigenvalue weighted by Crippen LogP contribution is 2.27. The first-order valence-electron chi connectivity index (χ1n) is 7.82. The van der Waals surface area contributed by atoms with Gasteiger partial charge in [0.1, 0.15) is 12.1 Å². The summed E-state index contributed by atoms with van der Waals surface area (Å²) in [4.78, 5) is 8.39. The molecule has 4 heteroatoms. The molecule has 1 aromatic heterocycles. The highest BCUT2D eigenvalue weighted by Gasteiger charge is 2.17. The third-order valence-corrected chi connectivity index (χ3v) is 3.86. The molecule has 0 radical (unpaired) electrons. The maximum absolute atomic E-state index is 5.86. The number of allylic oxidation sites excluding steroid dienone is 1. The Labute approximate surface area is 121 Å². The first-order valence-corrected chi connectivity index (χ1v) is 7.82. The molecule has 0 saturated carbocycles. The average molecular weight is 274 g/mol. The Morgan fingerprint density at radius 2 is 1.95 bits per heavy atom. The zero-order chi connectivity index (χ0) is 14.2. The van der Waals surface area contributed by atoms with Crippen LogP contribution in [0.4, 0.5) is 5.82 Å². The Morgan fingerprint density at radius 3 is 2.80 bits per heavy atom. The van der Waals surface area contributed by atoms with Crippen molar-refractivity contribution in [2.75, 3.05) is 18.8 Å². The van der Waals surface area contributed by atoms with E-state index in [1.807, 2.05) is 0 Å². The molecule has 4 nitrogen and oxygen atoms in total. The van der Waals surface area contributed by atoms with Gasteiger partial charge in [0.05, 0.1) is 5.69 Å². The molecule has 0 aliphatic heterocycles. The molecule has 0 aromatic carbocycles. The first kappa shape index (κ1) is 15.0. The van der Waals surface area contributed by atoms with Gasteiger partial charge in [0.15, 0.2) is 0 Å². The molecular formula is C16H26N4. The van der Waals surface area contributed by atoms with E-state index >= 15 is 0 Å². The Kier molecular flexibility index (Phi) is 5.99. The summed E-state index contributed by atoms with van der Waals surface area (Å²) in [6, 6.07) is 0. The number of rotatable bonds is 9. The quantitative estimate of drug-likeness (QED) is 0.680. The normalized spacial score (nSPS) is 13.3. The van der Waals surface area contributed by atoms with Crippen LogP contribution in [0.3, 0.4) is 0 Å². The number of hydrogen-bond donors (Lipinski definition) is 2. The molecule has 0 atom stereocenters. The SMILES string of the molecule is CCCCCCCCNCC1=CCc2c(N)ncnc21. The van der Waals surface area contributed by atoms with Gasteiger partial charge in [-0.15, -0.1) is 0 Å². The van der Waals surface area contributed by atoms with E-state index in [0.29, 0.717) is 5.82 Å². The number of nitrogens with two attached hydrogens (primary N) is 1. The Morgan fingerprint density at radius 1 is 1.15 bits per heavy atom. The second-order valence-electron chi connectivity index (χ2n) is 5.46. The molecule has 0 fully saturated rings. The highest BCUT2D eigenvalue weighted by atomic mass is 14.9. The van der Waals surface area contributed by atoms with Crippen molar-refractivity contribution >= 4 is 11.4 Å². The van der Waals surface area contributed by atoms with Crippen molar-refractivity contribution in [3.05, 3.63) is 23.7 Å². The Hall–Kier alpha value is -1.42. The lowest BCUT2D eigenvalue weighted by Crippen LogP contribution is -2.18. The van der Waals surface area contributed by atoms with Crippen molar-refractivity contribution in [2.24, 2.45) is 0 Å². The summed E-state index contributed by atoms with van der Waals surface area (Å²) in [6.45, 7) is 4.23. The summed E-state index contributed by atoms with van der Waals surface area (Å²) in [5, 5.41) is 3.51. The van der Waals surface area contributed by atoms with Crippen LogP contribution in [0.5, 0.6) is 0 Å². The van der Waals surface area contributed by atoms with E-state index in [4.69, 9.17) is 5.73 Å². The minimum absolute atomic E-state index is 0.622. The van der Waals surface area contributed by atoms with Gasteiger partial charge >= 0.3 is 0 Å². The second kappa shape index (κ2) is 8.00. The van der Waals surface area contributed by atoms with E-state index in [0.717, 1.165) is 30.8 Å². The van der Waals surface area contributed by atoms with Crippen molar-refractivity contribution < 1.29 is 0 Å². The first-order chi connectivity index (χ1) is 9.83. The van der Waals surface area contributed by atoms with E-state index in [2.05, 4.69) is 28.3 Å². The van der Waals surface area contributed by atoms with E-state index in [-0.39, 0.29) is 0 Å². The maximum Gasteiger partial charge on any atom is 0.130 e. The molecule has 1 heterocycles. The van der Waals surface area contributed by atoms with E-state index in [1.165, 1.54) is 44.1 Å². The summed E-state index contributed by atoms with van der Waals surface area (Å²) in [7, 11) is 0. The number of nitrogen functional groups attached to an aromatic ring is 1. The molecular weight excluding hydrogens is 248 g/mol. The van der Waals surface area contributed by atoms with Gasteiger partial charge in [-0.3, -0.25) is 0 Å². The fraction of sp³-hybridized carbons (Fsp3) is 0.625. The molecule has 0 saturated heterocycles. The summed E-state index contributed by atoms with van der Waals surface area (Å²) in [5.41, 5.74) is 9.25. The maximum atomic E-state index is 5.86. The van der Waals surface area contributed by atoms with Crippen LogP contribution in [0, 0.1) is 0 Å². The Bertz CT molecular complexity index is 454. The fourth-order valence-corrected chi connectivity index (χ4v) is 2.64. The topological polar surface area (TPSA) is 63.8 Å². The van der Waals surface area contributed by atoms with E-state index in [1.54, 1.807) is 6.33 Å². The van der Waals surface area contributed by atoms with Crippen LogP contribution in [-0.2, 0) is 6.42 Å². The molecule has 0 bridgehead atoms. The van der Waals surface area contributed by atoms with E-state index in [9.17, 15) is 0 Å². The zero-order valence-electron chi connectivity index (χ0n) is 12.5. The third-order valence-electron chi connectivity index (χ3n) is 3.86. The van der Waals surface area contributed by atoms with Crippen molar-refractivity contribution in [3.8, 4) is 0 Å². The predicted molar refractivity (Wildman–Crippen MR) is 84.4 cm³/mol. The molecule has 110 valence electrons. The number of fused-ring (bicyclic) bond motifs is 1. The molecule has 3 N–H and O–H groups in total. The number of nitrogens with zero attached hydrogens (tertiary/aromatic N) is 2. The van der Waals surface area contributed by atoms with Gasteiger partial charge in [-0.25, -0.2) is 9.97 Å². The van der Waals surface area contributed by atoms with Gasteiger partial charge in [-0.2, -0.15) is 0 Å². The lowest BCUT2D eigenvalue weighted by Gasteiger charge is -2.07. The summed E-state index contributed by atoms with van der Waals surface area (Å²) < 4.78 is 0. The molecule has 1 aliphatic rings. The van der Waals surface area contributed by atoms with Gasteiger partial charge in [-0.1, -0.05) is 45.1 Å². The third kappa shape index (κ3) is 4.04. The Balaban J connectivity index is 1.63. The van der Waals surface area contributed by atoms with Crippen LogP contribution in [0.2, 0.25) is 0 Å². The number of aromatic nitrogens is 2. The van der Waals surface area contributed by atoms with Crippen molar-refractivity contribution in [3.63, 3.8) is 0 Å². The molecule has 20 heavy (non-hydrogen) atoms. The van der Waals surface area contributed by atoms with Gasteiger partial charge in [0, 0.05) is 12.1 Å². The number of nitrogens with one attached hydrogen (secondary N) is 1. The molecule has 0 amide bonds. The number of anilines is 1. The molecule has 2 rings (SSSR count). The van der Waals surface area contributed by atoms with Crippen molar-refractivity contribution in [2.45, 2.75) is 51.9 Å². The van der Waals surface area contributed by atoms with Gasteiger partial charge in [0.2, 0.25) is 0 Å². The zero-order valence-corrected chi connectivity index (χ0v) is 12.5. The molecule has 0 spiro atoms. The van der Waals surface area contributed by atoms with Gasteiger partial charge < -0.3 is 11.1 Å². The summed E-state index contributed by atoms with van der Waals surface area (Å²) >= 11 is 0. The minimum atomic E-state index is 0.622. The second-order valence-corrected chi connectivity index (χ2v) is 5.46. The van der Waals surface area contributed by atoms with Crippen LogP contribution >= 0.6 is 0 Å². The van der Waals surface area contributed by atoms with Crippen molar-refractivity contribution in [1.82, 2.24) is 15.3 Å². The standard InChI is InChI=1S/C16H26N4/c1-2-3-4-5-6-7-10-18-11-13-8-9-14-15(13)19-12-20-16(14)17/h8,12,18H,2-7,9-11H2,1H3,(H2,17,19,20). The monoisotopic (exact) mass is 274 g/mol. The van der Waals surface area contributed by atoms with Gasteiger partial charge in [-0.05, 0) is 25.0 Å². The predicted octanol–water partition coefficient (Wildman–Crippen LogP) is 2.95. The highest BCUT2D eigenvalue weighted by molar-refractivity contribution is 5.74. The van der Waals surface area contributed by atoms with Crippen LogP contribution in [-0.4, -0.2) is 23.1 Å². The lowest BCUT2D eigenvalue weighted by atomic mass is 10.1. The smallest absolute Gasteiger partial charge is 0.130 e. The van der Waals surface area contributed by atoms with Gasteiger partial charge in [0.25, 0.3) is 0 Å². The largest absolute Gasteiger partial charge is 0.383 e. The minimum Gasteiger partial charge on any atom is -0.383 e. The van der Waals surface area contributed by atoms with Crippen LogP contribution in [0.15, 0.2) is 12.4 Å². The number of unbranched alkanes of at least 4 members (excludes halogenated alkanes) is 5. The van der Waals surface area contributed by atoms with Crippen LogP contribution in [0.25, 0.3) is 5.57 Å². The lowest BCUT2D eigenvalue weighted by molar-refractivity contribution is 0.586. The van der Waals surface area contributed by atoms with Crippen molar-refractivity contribution in [1.29, 1.82) is 0 Å². The molecule has 1 aliphatic carbocycles. The summed E-state index contributed by atoms with van der Waals surface area (Å²) in [5.74, 6) is 0.622. The van der Waals surface area contributed by atoms with Crippen LogP contribution < -0.4 is 11.1 Å². The van der Waals surface area contributed by atoms with E-state index < -0.39 is 0 Å². The average Bonchev–Trinajstić information content (AvgIpc) is 2.87. The number of hydrogen-bond acceptors (Lipinski definition) is 4. The molecule has 0 unspecified atom stereocenters. The summed E-state index contributed by atoms with van der Waals surface area (Å²) in [6.07, 6.45) is 12.7. The van der Waals surface area contributed by atoms with Crippen LogP contribution in [0.1, 0.15) is 56.7 Å². The fourth-order valence-electron chi connectivity index (χ4n) is 2.64. The molecule has 1 aromatic rings.